The van der Waals surface area contributed by atoms with Crippen molar-refractivity contribution in [3.63, 3.8) is 0 Å². The SMILES string of the molecule is Cc1ccc(NC(=O)N2[C@H]3CC[C@H]2CC(c2ccnn2C)C3)c(C)c1. The molecule has 3 heterocycles. The molecule has 5 heteroatoms. The molecule has 2 fully saturated rings. The number of piperidine rings is 1. The number of benzene rings is 1. The van der Waals surface area contributed by atoms with Gasteiger partial charge < -0.3 is 10.2 Å². The number of urea groups is 1. The first kappa shape index (κ1) is 16.2. The van der Waals surface area contributed by atoms with Gasteiger partial charge in [-0.15, -0.1) is 0 Å². The largest absolute Gasteiger partial charge is 0.322 e. The van der Waals surface area contributed by atoms with Crippen molar-refractivity contribution in [1.82, 2.24) is 14.7 Å². The summed E-state index contributed by atoms with van der Waals surface area (Å²) in [5.74, 6) is 0.509. The predicted molar refractivity (Wildman–Crippen MR) is 98.8 cm³/mol. The van der Waals surface area contributed by atoms with Crippen LogP contribution in [0, 0.1) is 13.8 Å². The maximum atomic E-state index is 12.9. The summed E-state index contributed by atoms with van der Waals surface area (Å²) in [7, 11) is 2.01. The van der Waals surface area contributed by atoms with E-state index in [2.05, 4.69) is 34.4 Å². The zero-order valence-corrected chi connectivity index (χ0v) is 15.2. The lowest BCUT2D eigenvalue weighted by Gasteiger charge is -2.39. The molecule has 1 aromatic carbocycles. The van der Waals surface area contributed by atoms with Crippen LogP contribution in [0.1, 0.15) is 48.4 Å². The Labute approximate surface area is 149 Å². The van der Waals surface area contributed by atoms with Crippen LogP contribution in [-0.2, 0) is 7.05 Å². The van der Waals surface area contributed by atoms with Crippen molar-refractivity contribution in [3.05, 3.63) is 47.3 Å². The zero-order chi connectivity index (χ0) is 17.6. The topological polar surface area (TPSA) is 50.2 Å². The Morgan fingerprint density at radius 1 is 1.16 bits per heavy atom. The number of carbonyl (C=O) groups is 1. The van der Waals surface area contributed by atoms with E-state index in [9.17, 15) is 4.79 Å². The summed E-state index contributed by atoms with van der Waals surface area (Å²) < 4.78 is 1.98. The minimum absolute atomic E-state index is 0.0582. The number of nitrogens with one attached hydrogen (secondary N) is 1. The number of rotatable bonds is 2. The molecule has 2 saturated heterocycles. The Bertz CT molecular complexity index is 783. The van der Waals surface area contributed by atoms with E-state index in [0.29, 0.717) is 18.0 Å². The van der Waals surface area contributed by atoms with Gasteiger partial charge in [0.25, 0.3) is 0 Å². The average Bonchev–Trinajstić information content (AvgIpc) is 3.11. The van der Waals surface area contributed by atoms with Crippen molar-refractivity contribution in [2.75, 3.05) is 5.32 Å². The number of anilines is 1. The molecule has 1 N–H and O–H groups in total. The molecule has 2 atom stereocenters. The van der Waals surface area contributed by atoms with Gasteiger partial charge in [-0.05, 0) is 57.2 Å². The number of hydrogen-bond acceptors (Lipinski definition) is 2. The van der Waals surface area contributed by atoms with Gasteiger partial charge in [0.2, 0.25) is 0 Å². The van der Waals surface area contributed by atoms with E-state index < -0.39 is 0 Å². The Hall–Kier alpha value is -2.30. The number of nitrogens with zero attached hydrogens (tertiary/aromatic N) is 3. The first-order valence-electron chi connectivity index (χ1n) is 9.17. The maximum Gasteiger partial charge on any atom is 0.322 e. The van der Waals surface area contributed by atoms with Crippen molar-refractivity contribution in [3.8, 4) is 0 Å². The monoisotopic (exact) mass is 338 g/mol. The van der Waals surface area contributed by atoms with Gasteiger partial charge in [0.15, 0.2) is 0 Å². The number of hydrogen-bond donors (Lipinski definition) is 1. The molecule has 132 valence electrons. The van der Waals surface area contributed by atoms with E-state index in [1.165, 1.54) is 11.3 Å². The lowest BCUT2D eigenvalue weighted by molar-refractivity contribution is 0.147. The van der Waals surface area contributed by atoms with Gasteiger partial charge in [-0.2, -0.15) is 5.10 Å². The average molecular weight is 338 g/mol. The van der Waals surface area contributed by atoms with Gasteiger partial charge in [-0.3, -0.25) is 4.68 Å². The number of aryl methyl sites for hydroxylation is 3. The molecule has 0 unspecified atom stereocenters. The second-order valence-electron chi connectivity index (χ2n) is 7.59. The fourth-order valence-corrected chi connectivity index (χ4v) is 4.67. The summed E-state index contributed by atoms with van der Waals surface area (Å²) in [6.45, 7) is 4.12. The third-order valence-electron chi connectivity index (χ3n) is 5.87. The van der Waals surface area contributed by atoms with Crippen LogP contribution in [0.2, 0.25) is 0 Å². The summed E-state index contributed by atoms with van der Waals surface area (Å²) in [6, 6.07) is 9.02. The van der Waals surface area contributed by atoms with Crippen LogP contribution >= 0.6 is 0 Å². The molecule has 5 nitrogen and oxygen atoms in total. The Balaban J connectivity index is 1.49. The fourth-order valence-electron chi connectivity index (χ4n) is 4.67. The highest BCUT2D eigenvalue weighted by atomic mass is 16.2. The molecule has 2 aliphatic rings. The molecule has 1 aromatic heterocycles. The zero-order valence-electron chi connectivity index (χ0n) is 15.2. The van der Waals surface area contributed by atoms with Gasteiger partial charge in [0.05, 0.1) is 0 Å². The third kappa shape index (κ3) is 2.92. The number of aromatic nitrogens is 2. The standard InChI is InChI=1S/C20H26N4O/c1-13-4-7-18(14(2)10-13)22-20(25)24-16-5-6-17(24)12-15(11-16)19-8-9-21-23(19)3/h4,7-10,15-17H,5-6,11-12H2,1-3H3,(H,22,25)/t16-,17-/m0/s1. The predicted octanol–water partition coefficient (Wildman–Crippen LogP) is 3.98. The minimum Gasteiger partial charge on any atom is -0.319 e. The molecule has 0 aliphatic carbocycles. The summed E-state index contributed by atoms with van der Waals surface area (Å²) >= 11 is 0. The Morgan fingerprint density at radius 3 is 2.48 bits per heavy atom. The summed E-state index contributed by atoms with van der Waals surface area (Å²) in [4.78, 5) is 15.0. The molecule has 0 saturated carbocycles. The summed E-state index contributed by atoms with van der Waals surface area (Å²) in [6.07, 6.45) is 6.17. The van der Waals surface area contributed by atoms with E-state index in [1.54, 1.807) is 0 Å². The first-order chi connectivity index (χ1) is 12.0. The van der Waals surface area contributed by atoms with Crippen LogP contribution < -0.4 is 5.32 Å². The van der Waals surface area contributed by atoms with Crippen molar-refractivity contribution >= 4 is 11.7 Å². The molecule has 2 aliphatic heterocycles. The highest BCUT2D eigenvalue weighted by Gasteiger charge is 2.44. The van der Waals surface area contributed by atoms with Crippen molar-refractivity contribution in [2.24, 2.45) is 7.05 Å². The van der Waals surface area contributed by atoms with Crippen LogP contribution in [0.3, 0.4) is 0 Å². The molecule has 2 bridgehead atoms. The molecule has 0 radical (unpaired) electrons. The lowest BCUT2D eigenvalue weighted by atomic mass is 9.88. The Morgan fingerprint density at radius 2 is 1.88 bits per heavy atom. The van der Waals surface area contributed by atoms with E-state index in [0.717, 1.165) is 36.9 Å². The molecule has 25 heavy (non-hydrogen) atoms. The fraction of sp³-hybridized carbons (Fsp3) is 0.500. The van der Waals surface area contributed by atoms with E-state index >= 15 is 0 Å². The van der Waals surface area contributed by atoms with Crippen molar-refractivity contribution in [1.29, 1.82) is 0 Å². The van der Waals surface area contributed by atoms with Crippen LogP contribution in [-0.4, -0.2) is 32.8 Å². The quantitative estimate of drug-likeness (QED) is 0.900. The smallest absolute Gasteiger partial charge is 0.319 e. The number of fused-ring (bicyclic) bond motifs is 2. The number of carbonyl (C=O) groups excluding carboxylic acids is 1. The molecular formula is C20H26N4O. The van der Waals surface area contributed by atoms with Crippen LogP contribution in [0.5, 0.6) is 0 Å². The van der Waals surface area contributed by atoms with E-state index in [-0.39, 0.29) is 6.03 Å². The highest BCUT2D eigenvalue weighted by molar-refractivity contribution is 5.91. The second-order valence-corrected chi connectivity index (χ2v) is 7.59. The summed E-state index contributed by atoms with van der Waals surface area (Å²) in [5.41, 5.74) is 4.55. The molecule has 4 rings (SSSR count). The maximum absolute atomic E-state index is 12.9. The second kappa shape index (κ2) is 6.21. The van der Waals surface area contributed by atoms with Gasteiger partial charge in [-0.1, -0.05) is 17.7 Å². The number of amides is 2. The van der Waals surface area contributed by atoms with Gasteiger partial charge >= 0.3 is 6.03 Å². The minimum atomic E-state index is 0.0582. The third-order valence-corrected chi connectivity index (χ3v) is 5.87. The molecule has 2 aromatic rings. The highest BCUT2D eigenvalue weighted by Crippen LogP contribution is 2.43. The van der Waals surface area contributed by atoms with Crippen molar-refractivity contribution in [2.45, 2.75) is 57.5 Å². The van der Waals surface area contributed by atoms with E-state index in [4.69, 9.17) is 0 Å². The Kier molecular flexibility index (Phi) is 4.02. The van der Waals surface area contributed by atoms with E-state index in [1.807, 2.05) is 37.0 Å². The normalized spacial score (nSPS) is 25.2. The first-order valence-corrected chi connectivity index (χ1v) is 9.17. The van der Waals surface area contributed by atoms with Gasteiger partial charge in [0, 0.05) is 42.6 Å². The molecule has 0 spiro atoms. The van der Waals surface area contributed by atoms with Gasteiger partial charge in [-0.25, -0.2) is 4.79 Å². The lowest BCUT2D eigenvalue weighted by Crippen LogP contribution is -2.48. The molecule has 2 amide bonds. The van der Waals surface area contributed by atoms with Crippen LogP contribution in [0.4, 0.5) is 10.5 Å². The van der Waals surface area contributed by atoms with Crippen molar-refractivity contribution < 1.29 is 4.79 Å². The van der Waals surface area contributed by atoms with Gasteiger partial charge in [0.1, 0.15) is 0 Å². The van der Waals surface area contributed by atoms with Crippen LogP contribution in [0.15, 0.2) is 30.5 Å². The summed E-state index contributed by atoms with van der Waals surface area (Å²) in [5, 5.41) is 7.45. The van der Waals surface area contributed by atoms with Crippen LogP contribution in [0.25, 0.3) is 0 Å². The molecular weight excluding hydrogens is 312 g/mol.